The molecule has 0 spiro atoms. The molecule has 1 aliphatic rings. The van der Waals surface area contributed by atoms with Crippen LogP contribution in [0.2, 0.25) is 0 Å². The average molecular weight is 429 g/mol. The first kappa shape index (κ1) is 22.0. The normalized spacial score (nSPS) is 16.3. The number of aryl methyl sites for hydroxylation is 2. The Bertz CT molecular complexity index is 961. The summed E-state index contributed by atoms with van der Waals surface area (Å²) in [7, 11) is 0. The molecule has 0 radical (unpaired) electrons. The van der Waals surface area contributed by atoms with Crippen LogP contribution in [0, 0.1) is 13.8 Å². The van der Waals surface area contributed by atoms with Gasteiger partial charge in [0.1, 0.15) is 0 Å². The predicted octanol–water partition coefficient (Wildman–Crippen LogP) is 4.75. The molecule has 0 saturated carbocycles. The third-order valence-corrected chi connectivity index (χ3v) is 6.04. The van der Waals surface area contributed by atoms with E-state index in [1.54, 1.807) is 0 Å². The van der Waals surface area contributed by atoms with Crippen molar-refractivity contribution in [2.45, 2.75) is 45.2 Å². The average Bonchev–Trinajstić information content (AvgIpc) is 3.22. The highest BCUT2D eigenvalue weighted by Crippen LogP contribution is 2.20. The Kier molecular flexibility index (Phi) is 7.17. The van der Waals surface area contributed by atoms with Crippen molar-refractivity contribution in [3.05, 3.63) is 95.3 Å². The van der Waals surface area contributed by atoms with Gasteiger partial charge in [0, 0.05) is 42.2 Å². The number of carbonyl (C=O) groups is 1. The molecule has 4 rings (SSSR count). The number of nitrogens with zero attached hydrogens (tertiary/aromatic N) is 2. The van der Waals surface area contributed by atoms with Crippen LogP contribution in [0.25, 0.3) is 0 Å². The van der Waals surface area contributed by atoms with Crippen molar-refractivity contribution >= 4 is 11.7 Å². The molecule has 1 unspecified atom stereocenters. The zero-order valence-corrected chi connectivity index (χ0v) is 18.9. The fraction of sp³-hybridized carbons (Fsp3) is 0.333. The molecule has 1 atom stereocenters. The molecule has 0 aliphatic carbocycles. The van der Waals surface area contributed by atoms with Gasteiger partial charge < -0.3 is 10.6 Å². The fourth-order valence-electron chi connectivity index (χ4n) is 4.60. The maximum absolute atomic E-state index is 12.6. The second-order valence-electron chi connectivity index (χ2n) is 8.75. The summed E-state index contributed by atoms with van der Waals surface area (Å²) >= 11 is 0. The smallest absolute Gasteiger partial charge is 0.319 e. The van der Waals surface area contributed by atoms with Crippen molar-refractivity contribution < 1.29 is 4.79 Å². The van der Waals surface area contributed by atoms with Gasteiger partial charge >= 0.3 is 6.03 Å². The summed E-state index contributed by atoms with van der Waals surface area (Å²) in [5.74, 6) is 0. The Morgan fingerprint density at radius 3 is 2.09 bits per heavy atom. The first-order valence-electron chi connectivity index (χ1n) is 11.4. The van der Waals surface area contributed by atoms with Crippen molar-refractivity contribution in [1.29, 1.82) is 0 Å². The van der Waals surface area contributed by atoms with Crippen LogP contribution < -0.4 is 10.6 Å². The van der Waals surface area contributed by atoms with E-state index in [0.717, 1.165) is 49.4 Å². The standard InChI is InChI=1S/C27H32N4O/c1-20-15-25(16-21(2)28-20)30-27(32)29-24-13-14-31(19-24)26(17-22-9-5-3-6-10-22)18-23-11-7-4-8-12-23/h3-12,15-16,24,26H,13-14,17-19H2,1-2H3,(H2,28,29,30,32). The Labute approximate surface area is 190 Å². The third kappa shape index (κ3) is 6.17. The lowest BCUT2D eigenvalue weighted by atomic mass is 9.98. The molecule has 1 saturated heterocycles. The van der Waals surface area contributed by atoms with Crippen LogP contribution in [0.3, 0.4) is 0 Å². The van der Waals surface area contributed by atoms with Crippen LogP contribution >= 0.6 is 0 Å². The number of likely N-dealkylation sites (tertiary alicyclic amines) is 1. The minimum Gasteiger partial charge on any atom is -0.334 e. The highest BCUT2D eigenvalue weighted by Gasteiger charge is 2.29. The zero-order valence-electron chi connectivity index (χ0n) is 18.9. The molecule has 2 N–H and O–H groups in total. The van der Waals surface area contributed by atoms with Crippen LogP contribution in [0.15, 0.2) is 72.8 Å². The minimum absolute atomic E-state index is 0.146. The molecule has 0 bridgehead atoms. The molecule has 2 heterocycles. The number of rotatable bonds is 7. The lowest BCUT2D eigenvalue weighted by molar-refractivity contribution is 0.229. The molecule has 2 amide bonds. The molecule has 3 aromatic rings. The van der Waals surface area contributed by atoms with Crippen LogP contribution in [-0.2, 0) is 12.8 Å². The second kappa shape index (κ2) is 10.4. The molecule has 1 aromatic heterocycles. The van der Waals surface area contributed by atoms with Crippen LogP contribution in [-0.4, -0.2) is 41.1 Å². The Morgan fingerprint density at radius 2 is 1.53 bits per heavy atom. The predicted molar refractivity (Wildman–Crippen MR) is 130 cm³/mol. The van der Waals surface area contributed by atoms with E-state index in [-0.39, 0.29) is 12.1 Å². The number of urea groups is 1. The van der Waals surface area contributed by atoms with Crippen LogP contribution in [0.5, 0.6) is 0 Å². The molecule has 1 aliphatic heterocycles. The van der Waals surface area contributed by atoms with Gasteiger partial charge in [-0.3, -0.25) is 9.88 Å². The number of aromatic nitrogens is 1. The quantitative estimate of drug-likeness (QED) is 0.571. The van der Waals surface area contributed by atoms with Crippen LogP contribution in [0.4, 0.5) is 10.5 Å². The largest absolute Gasteiger partial charge is 0.334 e. The second-order valence-corrected chi connectivity index (χ2v) is 8.75. The van der Waals surface area contributed by atoms with Gasteiger partial charge in [-0.25, -0.2) is 4.79 Å². The van der Waals surface area contributed by atoms with E-state index >= 15 is 0 Å². The molecule has 2 aromatic carbocycles. The number of nitrogens with one attached hydrogen (secondary N) is 2. The molecule has 166 valence electrons. The topological polar surface area (TPSA) is 57.3 Å². The summed E-state index contributed by atoms with van der Waals surface area (Å²) in [6, 6.07) is 25.6. The summed E-state index contributed by atoms with van der Waals surface area (Å²) in [5.41, 5.74) is 5.29. The van der Waals surface area contributed by atoms with Gasteiger partial charge in [-0.1, -0.05) is 60.7 Å². The molecule has 5 nitrogen and oxygen atoms in total. The summed E-state index contributed by atoms with van der Waals surface area (Å²) in [5, 5.41) is 6.13. The van der Waals surface area contributed by atoms with E-state index < -0.39 is 0 Å². The Hall–Kier alpha value is -3.18. The zero-order chi connectivity index (χ0) is 22.3. The number of hydrogen-bond donors (Lipinski definition) is 2. The van der Waals surface area contributed by atoms with E-state index in [9.17, 15) is 4.79 Å². The number of anilines is 1. The first-order chi connectivity index (χ1) is 15.5. The summed E-state index contributed by atoms with van der Waals surface area (Å²) < 4.78 is 0. The number of carbonyl (C=O) groups excluding carboxylic acids is 1. The van der Waals surface area contributed by atoms with Gasteiger partial charge in [-0.05, 0) is 56.4 Å². The highest BCUT2D eigenvalue weighted by atomic mass is 16.2. The van der Waals surface area contributed by atoms with E-state index in [0.29, 0.717) is 6.04 Å². The van der Waals surface area contributed by atoms with Crippen molar-refractivity contribution in [3.8, 4) is 0 Å². The monoisotopic (exact) mass is 428 g/mol. The van der Waals surface area contributed by atoms with Crippen molar-refractivity contribution in [2.75, 3.05) is 18.4 Å². The fourth-order valence-corrected chi connectivity index (χ4v) is 4.60. The van der Waals surface area contributed by atoms with E-state index in [1.165, 1.54) is 11.1 Å². The lowest BCUT2D eigenvalue weighted by Crippen LogP contribution is -2.42. The Balaban J connectivity index is 1.38. The Morgan fingerprint density at radius 1 is 0.969 bits per heavy atom. The summed E-state index contributed by atoms with van der Waals surface area (Å²) in [6.45, 7) is 5.73. The van der Waals surface area contributed by atoms with E-state index in [4.69, 9.17) is 0 Å². The number of pyridine rings is 1. The first-order valence-corrected chi connectivity index (χ1v) is 11.4. The number of benzene rings is 2. The van der Waals surface area contributed by atoms with Crippen LogP contribution in [0.1, 0.15) is 28.9 Å². The van der Waals surface area contributed by atoms with Gasteiger partial charge in [0.25, 0.3) is 0 Å². The number of hydrogen-bond acceptors (Lipinski definition) is 3. The third-order valence-electron chi connectivity index (χ3n) is 6.04. The van der Waals surface area contributed by atoms with Gasteiger partial charge in [-0.2, -0.15) is 0 Å². The molecule has 1 fully saturated rings. The summed E-state index contributed by atoms with van der Waals surface area (Å²) in [4.78, 5) is 19.5. The molecular weight excluding hydrogens is 396 g/mol. The SMILES string of the molecule is Cc1cc(NC(=O)NC2CCN(C(Cc3ccccc3)Cc3ccccc3)C2)cc(C)n1. The molecule has 5 heteroatoms. The van der Waals surface area contributed by atoms with Gasteiger partial charge in [0.05, 0.1) is 0 Å². The lowest BCUT2D eigenvalue weighted by Gasteiger charge is -2.28. The van der Waals surface area contributed by atoms with E-state index in [2.05, 4.69) is 81.2 Å². The van der Waals surface area contributed by atoms with Gasteiger partial charge in [0.15, 0.2) is 0 Å². The van der Waals surface area contributed by atoms with E-state index in [1.807, 2.05) is 26.0 Å². The maximum atomic E-state index is 12.6. The molecular formula is C27H32N4O. The van der Waals surface area contributed by atoms with Crippen molar-refractivity contribution in [1.82, 2.24) is 15.2 Å². The van der Waals surface area contributed by atoms with Crippen molar-refractivity contribution in [2.24, 2.45) is 0 Å². The van der Waals surface area contributed by atoms with Gasteiger partial charge in [0.2, 0.25) is 0 Å². The minimum atomic E-state index is -0.149. The highest BCUT2D eigenvalue weighted by molar-refractivity contribution is 5.89. The van der Waals surface area contributed by atoms with Crippen molar-refractivity contribution in [3.63, 3.8) is 0 Å². The maximum Gasteiger partial charge on any atom is 0.319 e. The summed E-state index contributed by atoms with van der Waals surface area (Å²) in [6.07, 6.45) is 2.97. The molecule has 32 heavy (non-hydrogen) atoms. The number of amides is 2. The van der Waals surface area contributed by atoms with Gasteiger partial charge in [-0.15, -0.1) is 0 Å².